The van der Waals surface area contributed by atoms with E-state index in [1.165, 1.54) is 34.9 Å². The summed E-state index contributed by atoms with van der Waals surface area (Å²) in [6.45, 7) is 8.78. The third-order valence-corrected chi connectivity index (χ3v) is 7.48. The van der Waals surface area contributed by atoms with Crippen LogP contribution in [0.3, 0.4) is 0 Å². The van der Waals surface area contributed by atoms with E-state index in [4.69, 9.17) is 9.97 Å². The van der Waals surface area contributed by atoms with Crippen molar-refractivity contribution in [2.24, 2.45) is 0 Å². The van der Waals surface area contributed by atoms with Gasteiger partial charge in [-0.05, 0) is 12.3 Å². The van der Waals surface area contributed by atoms with Crippen LogP contribution in [0.1, 0.15) is 61.1 Å². The lowest BCUT2D eigenvalue weighted by molar-refractivity contribution is 0.595. The average Bonchev–Trinajstić information content (AvgIpc) is 2.53. The molecule has 0 spiro atoms. The Morgan fingerprint density at radius 3 is 2.81 bits per heavy atom. The lowest BCUT2D eigenvalue weighted by Crippen LogP contribution is -2.29. The molecule has 1 aromatic rings. The summed E-state index contributed by atoms with van der Waals surface area (Å²) in [4.78, 5) is 10.0. The molecule has 2 atom stereocenters. The summed E-state index contributed by atoms with van der Waals surface area (Å²) in [5, 5.41) is 4.61. The highest BCUT2D eigenvalue weighted by Crippen LogP contribution is 2.43. The van der Waals surface area contributed by atoms with Gasteiger partial charge in [0.2, 0.25) is 0 Å². The fourth-order valence-electron chi connectivity index (χ4n) is 3.14. The summed E-state index contributed by atoms with van der Waals surface area (Å²) >= 11 is 4.16. The number of nitrogens with zero attached hydrogens (tertiary/aromatic N) is 2. The van der Waals surface area contributed by atoms with Crippen LogP contribution in [0, 0.1) is 0 Å². The predicted molar refractivity (Wildman–Crippen MR) is 93.3 cm³/mol. The van der Waals surface area contributed by atoms with E-state index < -0.39 is 0 Å². The van der Waals surface area contributed by atoms with Gasteiger partial charge in [-0.2, -0.15) is 11.8 Å². The molecule has 1 saturated heterocycles. The van der Waals surface area contributed by atoms with Gasteiger partial charge in [0.05, 0.1) is 16.6 Å². The fraction of sp³-hybridized carbons (Fsp3) is 0.750. The molecule has 2 aliphatic rings. The van der Waals surface area contributed by atoms with Crippen molar-refractivity contribution in [2.45, 2.75) is 56.6 Å². The van der Waals surface area contributed by atoms with E-state index in [1.807, 2.05) is 0 Å². The maximum atomic E-state index is 5.02. The van der Waals surface area contributed by atoms with Crippen LogP contribution >= 0.6 is 23.5 Å². The molecule has 1 aromatic heterocycles. The van der Waals surface area contributed by atoms with E-state index in [-0.39, 0.29) is 0 Å². The molecule has 0 aliphatic carbocycles. The van der Waals surface area contributed by atoms with E-state index in [0.29, 0.717) is 16.4 Å². The minimum Gasteiger partial charge on any atom is -0.312 e. The Morgan fingerprint density at radius 1 is 1.24 bits per heavy atom. The zero-order valence-electron chi connectivity index (χ0n) is 13.2. The Bertz CT molecular complexity index is 505. The SMILES string of the molecule is CCC1SCCSC1c1nc2c(c(C(C)C)n1)CNCC2. The van der Waals surface area contributed by atoms with Crippen molar-refractivity contribution in [3.8, 4) is 0 Å². The highest BCUT2D eigenvalue weighted by Gasteiger charge is 2.30. The van der Waals surface area contributed by atoms with Gasteiger partial charge in [0.25, 0.3) is 0 Å². The number of aromatic nitrogens is 2. The van der Waals surface area contributed by atoms with Gasteiger partial charge in [-0.1, -0.05) is 20.8 Å². The molecule has 0 aromatic carbocycles. The Hall–Kier alpha value is -0.260. The Morgan fingerprint density at radius 2 is 2.05 bits per heavy atom. The van der Waals surface area contributed by atoms with Crippen LogP contribution in [0.5, 0.6) is 0 Å². The van der Waals surface area contributed by atoms with E-state index in [0.717, 1.165) is 25.3 Å². The first kappa shape index (κ1) is 15.6. The number of rotatable bonds is 3. The zero-order chi connectivity index (χ0) is 14.8. The standard InChI is InChI=1S/C16H25N3S2/c1-4-13-15(21-8-7-20-13)16-18-12-5-6-17-9-11(12)14(19-16)10(2)3/h10,13,15,17H,4-9H2,1-3H3. The number of hydrogen-bond acceptors (Lipinski definition) is 5. The molecule has 3 heterocycles. The average molecular weight is 324 g/mol. The zero-order valence-corrected chi connectivity index (χ0v) is 14.8. The Labute approximate surface area is 136 Å². The number of fused-ring (bicyclic) bond motifs is 1. The Kier molecular flexibility index (Phi) is 5.12. The van der Waals surface area contributed by atoms with Crippen LogP contribution in [0.15, 0.2) is 0 Å². The van der Waals surface area contributed by atoms with Crippen LogP contribution in [-0.2, 0) is 13.0 Å². The molecule has 3 rings (SSSR count). The van der Waals surface area contributed by atoms with Crippen LogP contribution in [0.25, 0.3) is 0 Å². The van der Waals surface area contributed by atoms with Crippen molar-refractivity contribution in [1.29, 1.82) is 0 Å². The molecule has 1 fully saturated rings. The fourth-order valence-corrected chi connectivity index (χ4v) is 6.13. The summed E-state index contributed by atoms with van der Waals surface area (Å²) in [5.74, 6) is 4.07. The maximum absolute atomic E-state index is 5.02. The summed E-state index contributed by atoms with van der Waals surface area (Å²) < 4.78 is 0. The summed E-state index contributed by atoms with van der Waals surface area (Å²) in [6.07, 6.45) is 2.26. The van der Waals surface area contributed by atoms with Crippen LogP contribution in [0.2, 0.25) is 0 Å². The smallest absolute Gasteiger partial charge is 0.142 e. The van der Waals surface area contributed by atoms with Crippen molar-refractivity contribution in [1.82, 2.24) is 15.3 Å². The topological polar surface area (TPSA) is 37.8 Å². The molecule has 0 bridgehead atoms. The molecule has 116 valence electrons. The summed E-state index contributed by atoms with van der Waals surface area (Å²) in [6, 6.07) is 0. The second-order valence-electron chi connectivity index (χ2n) is 6.08. The number of thioether (sulfide) groups is 2. The lowest BCUT2D eigenvalue weighted by Gasteiger charge is -2.30. The molecule has 0 saturated carbocycles. The predicted octanol–water partition coefficient (Wildman–Crippen LogP) is 3.55. The maximum Gasteiger partial charge on any atom is 0.142 e. The highest BCUT2D eigenvalue weighted by molar-refractivity contribution is 8.06. The van der Waals surface area contributed by atoms with Gasteiger partial charge in [-0.25, -0.2) is 9.97 Å². The molecule has 21 heavy (non-hydrogen) atoms. The molecule has 0 radical (unpaired) electrons. The van der Waals surface area contributed by atoms with Gasteiger partial charge >= 0.3 is 0 Å². The molecular formula is C16H25N3S2. The molecule has 2 aliphatic heterocycles. The summed E-state index contributed by atoms with van der Waals surface area (Å²) in [7, 11) is 0. The van der Waals surface area contributed by atoms with Crippen LogP contribution in [-0.4, -0.2) is 33.3 Å². The first-order valence-electron chi connectivity index (χ1n) is 8.04. The monoisotopic (exact) mass is 323 g/mol. The van der Waals surface area contributed by atoms with Crippen molar-refractivity contribution < 1.29 is 0 Å². The summed E-state index contributed by atoms with van der Waals surface area (Å²) in [5.41, 5.74) is 3.93. The second kappa shape index (κ2) is 6.88. The number of nitrogens with one attached hydrogen (secondary N) is 1. The molecule has 5 heteroatoms. The first-order chi connectivity index (χ1) is 10.2. The van der Waals surface area contributed by atoms with Gasteiger partial charge in [0.1, 0.15) is 5.82 Å². The van der Waals surface area contributed by atoms with Crippen molar-refractivity contribution in [3.63, 3.8) is 0 Å². The van der Waals surface area contributed by atoms with Crippen molar-refractivity contribution in [2.75, 3.05) is 18.1 Å². The quantitative estimate of drug-likeness (QED) is 0.921. The third-order valence-electron chi connectivity index (χ3n) is 4.24. The molecular weight excluding hydrogens is 298 g/mol. The normalized spacial score (nSPS) is 25.9. The van der Waals surface area contributed by atoms with E-state index in [9.17, 15) is 0 Å². The van der Waals surface area contributed by atoms with Gasteiger partial charge in [0.15, 0.2) is 0 Å². The second-order valence-corrected chi connectivity index (χ2v) is 8.68. The van der Waals surface area contributed by atoms with E-state index in [2.05, 4.69) is 49.6 Å². The minimum atomic E-state index is 0.474. The van der Waals surface area contributed by atoms with Gasteiger partial charge < -0.3 is 5.32 Å². The van der Waals surface area contributed by atoms with Crippen LogP contribution < -0.4 is 5.32 Å². The minimum absolute atomic E-state index is 0.474. The molecule has 1 N–H and O–H groups in total. The van der Waals surface area contributed by atoms with Crippen molar-refractivity contribution >= 4 is 23.5 Å². The van der Waals surface area contributed by atoms with Crippen LogP contribution in [0.4, 0.5) is 0 Å². The number of hydrogen-bond donors (Lipinski definition) is 1. The largest absolute Gasteiger partial charge is 0.312 e. The molecule has 3 nitrogen and oxygen atoms in total. The highest BCUT2D eigenvalue weighted by atomic mass is 32.2. The van der Waals surface area contributed by atoms with Gasteiger partial charge in [-0.3, -0.25) is 0 Å². The first-order valence-corrected chi connectivity index (χ1v) is 10.1. The van der Waals surface area contributed by atoms with E-state index >= 15 is 0 Å². The van der Waals surface area contributed by atoms with Crippen molar-refractivity contribution in [3.05, 3.63) is 22.8 Å². The van der Waals surface area contributed by atoms with E-state index in [1.54, 1.807) is 0 Å². The Balaban J connectivity index is 2.00. The third kappa shape index (κ3) is 3.25. The lowest BCUT2D eigenvalue weighted by atomic mass is 9.98. The van der Waals surface area contributed by atoms with Gasteiger partial charge in [0, 0.05) is 41.8 Å². The van der Waals surface area contributed by atoms with Gasteiger partial charge in [-0.15, -0.1) is 11.8 Å². The molecule has 0 amide bonds. The molecule has 2 unspecified atom stereocenters.